The molecule has 0 saturated heterocycles. The zero-order valence-electron chi connectivity index (χ0n) is 19.5. The second kappa shape index (κ2) is 10.3. The third-order valence-corrected chi connectivity index (χ3v) is 5.80. The molecule has 1 atom stereocenters. The fourth-order valence-corrected chi connectivity index (χ4v) is 3.78. The molecule has 0 bridgehead atoms. The van der Waals surface area contributed by atoms with E-state index in [0.29, 0.717) is 12.2 Å². The summed E-state index contributed by atoms with van der Waals surface area (Å²) >= 11 is 0. The summed E-state index contributed by atoms with van der Waals surface area (Å²) < 4.78 is 5.78. The predicted octanol–water partition coefficient (Wildman–Crippen LogP) is 6.88. The molecule has 1 N–H and O–H groups in total. The molecule has 33 heavy (non-hydrogen) atoms. The Balaban J connectivity index is 1.62. The van der Waals surface area contributed by atoms with Crippen molar-refractivity contribution in [3.63, 3.8) is 0 Å². The number of aryl methyl sites for hydroxylation is 1. The van der Waals surface area contributed by atoms with Crippen LogP contribution in [0.2, 0.25) is 0 Å². The summed E-state index contributed by atoms with van der Waals surface area (Å²) in [7, 11) is 0. The van der Waals surface area contributed by atoms with Gasteiger partial charge in [0.15, 0.2) is 0 Å². The van der Waals surface area contributed by atoms with Gasteiger partial charge >= 0.3 is 0 Å². The number of aromatic nitrogens is 1. The molecule has 0 fully saturated rings. The van der Waals surface area contributed by atoms with Gasteiger partial charge in [-0.1, -0.05) is 61.4 Å². The summed E-state index contributed by atoms with van der Waals surface area (Å²) in [5.41, 5.74) is 5.41. The molecule has 3 aromatic carbocycles. The van der Waals surface area contributed by atoms with Crippen molar-refractivity contribution in [1.29, 1.82) is 0 Å². The normalized spacial score (nSPS) is 11.8. The molecule has 4 nitrogen and oxygen atoms in total. The molecule has 0 aliphatic carbocycles. The molecule has 4 rings (SSSR count). The lowest BCUT2D eigenvalue weighted by atomic mass is 10.0. The quantitative estimate of drug-likeness (QED) is 0.305. The Morgan fingerprint density at radius 2 is 1.73 bits per heavy atom. The number of benzene rings is 3. The van der Waals surface area contributed by atoms with Crippen LogP contribution in [0.3, 0.4) is 0 Å². The van der Waals surface area contributed by atoms with Gasteiger partial charge in [0, 0.05) is 10.9 Å². The van der Waals surface area contributed by atoms with E-state index in [-0.39, 0.29) is 11.9 Å². The van der Waals surface area contributed by atoms with Gasteiger partial charge in [-0.3, -0.25) is 4.79 Å². The number of carbonyl (C=O) groups excluding carboxylic acids is 1. The number of amides is 1. The summed E-state index contributed by atoms with van der Waals surface area (Å²) in [4.78, 5) is 18.2. The van der Waals surface area contributed by atoms with E-state index in [1.165, 1.54) is 5.56 Å². The van der Waals surface area contributed by atoms with Crippen LogP contribution in [-0.4, -0.2) is 17.5 Å². The van der Waals surface area contributed by atoms with Crippen LogP contribution in [0.15, 0.2) is 78.9 Å². The minimum atomic E-state index is -0.109. The number of para-hydroxylation sites is 1. The molecule has 0 aliphatic rings. The highest BCUT2D eigenvalue weighted by Gasteiger charge is 2.16. The van der Waals surface area contributed by atoms with Crippen molar-refractivity contribution in [2.24, 2.45) is 0 Å². The van der Waals surface area contributed by atoms with Crippen LogP contribution in [-0.2, 0) is 0 Å². The summed E-state index contributed by atoms with van der Waals surface area (Å²) in [5.74, 6) is 0.736. The molecule has 0 spiro atoms. The van der Waals surface area contributed by atoms with Gasteiger partial charge in [0.05, 0.1) is 29.4 Å². The Labute approximate surface area is 195 Å². The van der Waals surface area contributed by atoms with E-state index in [4.69, 9.17) is 9.72 Å². The van der Waals surface area contributed by atoms with Gasteiger partial charge < -0.3 is 10.1 Å². The number of hydrogen-bond donors (Lipinski definition) is 1. The minimum absolute atomic E-state index is 0.104. The molecular weight excluding hydrogens is 408 g/mol. The smallest absolute Gasteiger partial charge is 0.252 e. The summed E-state index contributed by atoms with van der Waals surface area (Å²) in [6.07, 6.45) is 2.14. The Bertz CT molecular complexity index is 1230. The predicted molar refractivity (Wildman–Crippen MR) is 135 cm³/mol. The molecular formula is C29H30N2O2. The Morgan fingerprint density at radius 1 is 1.00 bits per heavy atom. The van der Waals surface area contributed by atoms with Crippen molar-refractivity contribution in [3.05, 3.63) is 95.6 Å². The standard InChI is InChI=1S/C29H30N2O2/c1-4-5-18-33-24-16-14-23(15-17-24)28-19-26(25-8-6-7-9-27(25)31-28)29(32)30-21(3)22-12-10-20(2)11-13-22/h6-17,19,21H,4-5,18H2,1-3H3,(H,30,32)/t21-/m0/s1. The molecule has 4 aromatic rings. The summed E-state index contributed by atoms with van der Waals surface area (Å²) in [6.45, 7) is 6.92. The van der Waals surface area contributed by atoms with Crippen molar-refractivity contribution in [3.8, 4) is 17.0 Å². The number of unbranched alkanes of at least 4 members (excludes halogenated alkanes) is 1. The molecule has 4 heteroatoms. The monoisotopic (exact) mass is 438 g/mol. The maximum Gasteiger partial charge on any atom is 0.252 e. The van der Waals surface area contributed by atoms with E-state index in [1.807, 2.05) is 61.5 Å². The third-order valence-electron chi connectivity index (χ3n) is 5.80. The molecule has 0 aliphatic heterocycles. The van der Waals surface area contributed by atoms with Crippen molar-refractivity contribution in [1.82, 2.24) is 10.3 Å². The van der Waals surface area contributed by atoms with Gasteiger partial charge in [-0.25, -0.2) is 4.98 Å². The van der Waals surface area contributed by atoms with Crippen LogP contribution >= 0.6 is 0 Å². The lowest BCUT2D eigenvalue weighted by Gasteiger charge is -2.16. The zero-order chi connectivity index (χ0) is 23.2. The second-order valence-corrected chi connectivity index (χ2v) is 8.40. The molecule has 0 radical (unpaired) electrons. The summed E-state index contributed by atoms with van der Waals surface area (Å²) in [6, 6.07) is 25.7. The highest BCUT2D eigenvalue weighted by molar-refractivity contribution is 6.07. The Kier molecular flexibility index (Phi) is 7.04. The van der Waals surface area contributed by atoms with Crippen LogP contribution in [0.4, 0.5) is 0 Å². The van der Waals surface area contributed by atoms with Gasteiger partial charge in [0.1, 0.15) is 5.75 Å². The SMILES string of the molecule is CCCCOc1ccc(-c2cc(C(=O)N[C@@H](C)c3ccc(C)cc3)c3ccccc3n2)cc1. The number of carbonyl (C=O) groups is 1. The number of fused-ring (bicyclic) bond motifs is 1. The Morgan fingerprint density at radius 3 is 2.45 bits per heavy atom. The number of pyridine rings is 1. The van der Waals surface area contributed by atoms with Gasteiger partial charge in [0.25, 0.3) is 5.91 Å². The first kappa shape index (κ1) is 22.5. The van der Waals surface area contributed by atoms with Crippen LogP contribution in [0.5, 0.6) is 5.75 Å². The Hall–Kier alpha value is -3.66. The maximum atomic E-state index is 13.3. The fraction of sp³-hybridized carbons (Fsp3) is 0.241. The first-order valence-corrected chi connectivity index (χ1v) is 11.6. The van der Waals surface area contributed by atoms with Gasteiger partial charge in [0.2, 0.25) is 0 Å². The average Bonchev–Trinajstić information content (AvgIpc) is 2.84. The van der Waals surface area contributed by atoms with Crippen molar-refractivity contribution < 1.29 is 9.53 Å². The topological polar surface area (TPSA) is 51.2 Å². The zero-order valence-corrected chi connectivity index (χ0v) is 19.5. The fourth-order valence-electron chi connectivity index (χ4n) is 3.78. The maximum absolute atomic E-state index is 13.3. The highest BCUT2D eigenvalue weighted by atomic mass is 16.5. The number of nitrogens with zero attached hydrogens (tertiary/aromatic N) is 1. The van der Waals surface area contributed by atoms with E-state index in [0.717, 1.165) is 46.3 Å². The van der Waals surface area contributed by atoms with E-state index in [2.05, 4.69) is 43.4 Å². The molecule has 0 unspecified atom stereocenters. The average molecular weight is 439 g/mol. The van der Waals surface area contributed by atoms with Gasteiger partial charge in [-0.05, 0) is 62.2 Å². The van der Waals surface area contributed by atoms with E-state index >= 15 is 0 Å². The second-order valence-electron chi connectivity index (χ2n) is 8.40. The van der Waals surface area contributed by atoms with E-state index < -0.39 is 0 Å². The van der Waals surface area contributed by atoms with Crippen molar-refractivity contribution in [2.45, 2.75) is 39.7 Å². The lowest BCUT2D eigenvalue weighted by Crippen LogP contribution is -2.27. The van der Waals surface area contributed by atoms with Gasteiger partial charge in [-0.2, -0.15) is 0 Å². The minimum Gasteiger partial charge on any atom is -0.494 e. The van der Waals surface area contributed by atoms with Crippen LogP contribution in [0.1, 0.15) is 54.2 Å². The van der Waals surface area contributed by atoms with Crippen molar-refractivity contribution >= 4 is 16.8 Å². The molecule has 0 saturated carbocycles. The number of hydrogen-bond acceptors (Lipinski definition) is 3. The first-order chi connectivity index (χ1) is 16.0. The molecule has 1 heterocycles. The lowest BCUT2D eigenvalue weighted by molar-refractivity contribution is 0.0941. The van der Waals surface area contributed by atoms with Crippen LogP contribution in [0.25, 0.3) is 22.2 Å². The van der Waals surface area contributed by atoms with Crippen LogP contribution < -0.4 is 10.1 Å². The number of rotatable bonds is 8. The highest BCUT2D eigenvalue weighted by Crippen LogP contribution is 2.27. The largest absolute Gasteiger partial charge is 0.494 e. The van der Waals surface area contributed by atoms with Crippen molar-refractivity contribution in [2.75, 3.05) is 6.61 Å². The number of nitrogens with one attached hydrogen (secondary N) is 1. The van der Waals surface area contributed by atoms with E-state index in [9.17, 15) is 4.79 Å². The van der Waals surface area contributed by atoms with Crippen LogP contribution in [0, 0.1) is 6.92 Å². The molecule has 168 valence electrons. The molecule has 1 aromatic heterocycles. The van der Waals surface area contributed by atoms with Gasteiger partial charge in [-0.15, -0.1) is 0 Å². The molecule has 1 amide bonds. The van der Waals surface area contributed by atoms with E-state index in [1.54, 1.807) is 0 Å². The first-order valence-electron chi connectivity index (χ1n) is 11.6. The number of ether oxygens (including phenoxy) is 1. The third kappa shape index (κ3) is 5.40. The summed E-state index contributed by atoms with van der Waals surface area (Å²) in [5, 5.41) is 4.00.